The normalized spacial score (nSPS) is 7.13. The Morgan fingerprint density at radius 3 is 1.07 bits per heavy atom. The van der Waals surface area contributed by atoms with Gasteiger partial charge in [0.2, 0.25) is 0 Å². The first-order valence-electron chi connectivity index (χ1n) is 4.26. The molecular formula is C11H28Si2W2-2. The summed E-state index contributed by atoms with van der Waals surface area (Å²) in [6, 6.07) is 0. The second kappa shape index (κ2) is 24.5. The maximum absolute atomic E-state index is 5.24. The smallest absolute Gasteiger partial charge is 0.0334 e. The van der Waals surface area contributed by atoms with Crippen molar-refractivity contribution in [1.29, 1.82) is 0 Å². The van der Waals surface area contributed by atoms with Crippen molar-refractivity contribution in [2.45, 2.75) is 46.7 Å². The largest absolute Gasteiger partial charge is 0.522 e. The second-order valence-electron chi connectivity index (χ2n) is 4.26. The summed E-state index contributed by atoms with van der Waals surface area (Å²) in [5, 5.41) is 0. The molecule has 0 aliphatic heterocycles. The fourth-order valence-corrected chi connectivity index (χ4v) is 0. The minimum absolute atomic E-state index is 0. The molecule has 0 atom stereocenters. The van der Waals surface area contributed by atoms with Crippen molar-refractivity contribution in [1.82, 2.24) is 0 Å². The van der Waals surface area contributed by atoms with Crippen LogP contribution in [0.4, 0.5) is 0 Å². The fourth-order valence-electron chi connectivity index (χ4n) is 0. The Labute approximate surface area is 130 Å². The van der Waals surface area contributed by atoms with Gasteiger partial charge >= 0.3 is 0 Å². The molecule has 0 aliphatic carbocycles. The summed E-state index contributed by atoms with van der Waals surface area (Å²) in [4.78, 5) is 0. The van der Waals surface area contributed by atoms with Gasteiger partial charge in [0.05, 0.1) is 0 Å². The molecule has 0 fully saturated rings. The van der Waals surface area contributed by atoms with Crippen molar-refractivity contribution in [2.75, 3.05) is 0 Å². The van der Waals surface area contributed by atoms with Crippen molar-refractivity contribution < 1.29 is 42.1 Å². The van der Waals surface area contributed by atoms with Gasteiger partial charge in [0, 0.05) is 59.0 Å². The van der Waals surface area contributed by atoms with E-state index in [1.807, 2.05) is 5.70 Å². The van der Waals surface area contributed by atoms with E-state index >= 15 is 0 Å². The monoisotopic (exact) mass is 584 g/mol. The van der Waals surface area contributed by atoms with Crippen molar-refractivity contribution >= 4 is 16.9 Å². The molecule has 0 nitrogen and oxygen atoms in total. The van der Waals surface area contributed by atoms with Gasteiger partial charge in [0.15, 0.2) is 0 Å². The number of hydrogen-bond acceptors (Lipinski definition) is 0. The third-order valence-electron chi connectivity index (χ3n) is 0.500. The van der Waals surface area contributed by atoms with Gasteiger partial charge in [-0.3, -0.25) is 12.3 Å². The number of rotatable bonds is 1. The van der Waals surface area contributed by atoms with Crippen LogP contribution in [0.1, 0.15) is 7.43 Å². The zero-order valence-corrected chi connectivity index (χ0v) is 18.4. The summed E-state index contributed by atoms with van der Waals surface area (Å²) in [7, 11) is -1.12. The first kappa shape index (κ1) is 36.0. The van der Waals surface area contributed by atoms with Crippen molar-refractivity contribution in [3.63, 3.8) is 0 Å². The zero-order valence-electron chi connectivity index (χ0n) is 10.3. The molecule has 0 aliphatic rings. The molecule has 0 aromatic carbocycles. The van der Waals surface area contributed by atoms with Crippen LogP contribution in [0, 0.1) is 13.2 Å². The van der Waals surface area contributed by atoms with Crippen LogP contribution in [0.5, 0.6) is 0 Å². The van der Waals surface area contributed by atoms with E-state index in [4.69, 9.17) is 6.58 Å². The Kier molecular flexibility index (Phi) is 58.7. The van der Waals surface area contributed by atoms with E-state index in [0.29, 0.717) is 0 Å². The van der Waals surface area contributed by atoms with E-state index in [2.05, 4.69) is 52.4 Å². The second-order valence-corrected chi connectivity index (χ2v) is 12.8. The van der Waals surface area contributed by atoms with E-state index in [1.165, 1.54) is 0 Å². The third-order valence-corrected chi connectivity index (χ3v) is 1.50. The van der Waals surface area contributed by atoms with Crippen LogP contribution in [-0.4, -0.2) is 16.9 Å². The molecule has 0 rings (SSSR count). The summed E-state index contributed by atoms with van der Waals surface area (Å²) in [5.74, 6) is 0. The Bertz CT molecular complexity index is 96.5. The van der Waals surface area contributed by atoms with Gasteiger partial charge in [-0.05, 0) is 0 Å². The molecule has 0 amide bonds. The molecule has 0 N–H and O–H groups in total. The molecule has 0 radical (unpaired) electrons. The molecule has 0 unspecified atom stereocenters. The van der Waals surface area contributed by atoms with Crippen LogP contribution >= 0.6 is 0 Å². The minimum Gasteiger partial charge on any atom is -0.522 e. The van der Waals surface area contributed by atoms with Crippen molar-refractivity contribution in [3.8, 4) is 0 Å². The molecule has 0 bridgehead atoms. The predicted molar refractivity (Wildman–Crippen MR) is 73.6 cm³/mol. The van der Waals surface area contributed by atoms with Crippen molar-refractivity contribution in [2.24, 2.45) is 0 Å². The van der Waals surface area contributed by atoms with E-state index in [9.17, 15) is 0 Å². The van der Waals surface area contributed by atoms with Gasteiger partial charge in [-0.2, -0.15) is 0 Å². The Morgan fingerprint density at radius 1 is 1.00 bits per heavy atom. The molecule has 0 saturated heterocycles. The average Bonchev–Trinajstić information content (AvgIpc) is 1.90. The van der Waals surface area contributed by atoms with E-state index < -0.39 is 8.07 Å². The quantitative estimate of drug-likeness (QED) is 0.321. The van der Waals surface area contributed by atoms with Crippen LogP contribution in [-0.2, 0) is 42.1 Å². The average molecular weight is 584 g/mol. The summed E-state index contributed by atoms with van der Waals surface area (Å²) in [6.45, 7) is 25.8. The van der Waals surface area contributed by atoms with Crippen molar-refractivity contribution in [3.05, 3.63) is 25.4 Å². The summed E-state index contributed by atoms with van der Waals surface area (Å²) in [5.41, 5.74) is 1.83. The molecule has 4 heteroatoms. The Morgan fingerprint density at radius 2 is 1.07 bits per heavy atom. The first-order valence-corrected chi connectivity index (χ1v) is 11.3. The van der Waals surface area contributed by atoms with Gasteiger partial charge in [-0.1, -0.05) is 46.7 Å². The fraction of sp³-hybridized carbons (Fsp3) is 0.636. The molecule has 0 saturated carbocycles. The van der Waals surface area contributed by atoms with Gasteiger partial charge in [0.1, 0.15) is 0 Å². The Hall–Kier alpha value is 1.29. The van der Waals surface area contributed by atoms with Crippen LogP contribution in [0.2, 0.25) is 39.3 Å². The molecule has 0 heterocycles. The summed E-state index contributed by atoms with van der Waals surface area (Å²) < 4.78 is 0. The van der Waals surface area contributed by atoms with Gasteiger partial charge < -0.3 is 13.2 Å². The van der Waals surface area contributed by atoms with Crippen LogP contribution < -0.4 is 0 Å². The zero-order chi connectivity index (χ0) is 10.8. The molecule has 0 aromatic rings. The van der Waals surface area contributed by atoms with Gasteiger partial charge in [-0.25, -0.2) is 0 Å². The topological polar surface area (TPSA) is 0 Å². The maximum Gasteiger partial charge on any atom is 0.0334 e. The van der Waals surface area contributed by atoms with E-state index in [0.717, 1.165) is 0 Å². The van der Waals surface area contributed by atoms with Crippen LogP contribution in [0.15, 0.2) is 12.3 Å². The Balaban J connectivity index is -0.0000000204. The maximum atomic E-state index is 5.24. The molecular weight excluding hydrogens is 556 g/mol. The SMILES string of the molecule is C.C[SiH](C)C.[CH-]=C.[CH-]=C[Si](C)(C)C.[W].[W]. The first-order chi connectivity index (χ1) is 5.29. The molecule has 0 spiro atoms. The number of hydrogen-bond donors (Lipinski definition) is 0. The predicted octanol–water partition coefficient (Wildman–Crippen LogP) is 4.19. The van der Waals surface area contributed by atoms with Gasteiger partial charge in [-0.15, -0.1) is 0 Å². The molecule has 0 aromatic heterocycles. The molecule has 94 valence electrons. The summed E-state index contributed by atoms with van der Waals surface area (Å²) >= 11 is 0. The molecule has 15 heavy (non-hydrogen) atoms. The van der Waals surface area contributed by atoms with E-state index in [1.54, 1.807) is 0 Å². The standard InChI is InChI=1S/C5H11Si.C3H10Si.C2H3.CH4.2W/c1-5-6(2,3)4;1-4(2)3;1-2;;;/h1,5H,2-4H3;4H,1-3H3;1H,2H2;1H4;;/q-1;;-1;;;. The minimum atomic E-state index is -0.978. The summed E-state index contributed by atoms with van der Waals surface area (Å²) in [6.07, 6.45) is 0. The third kappa shape index (κ3) is 147. The van der Waals surface area contributed by atoms with Crippen LogP contribution in [0.25, 0.3) is 0 Å². The van der Waals surface area contributed by atoms with Gasteiger partial charge in [0.25, 0.3) is 0 Å². The van der Waals surface area contributed by atoms with E-state index in [-0.39, 0.29) is 58.4 Å². The van der Waals surface area contributed by atoms with Crippen LogP contribution in [0.3, 0.4) is 0 Å².